The average Bonchev–Trinajstić information content (AvgIpc) is 3.13. The van der Waals surface area contributed by atoms with Crippen LogP contribution in [0.1, 0.15) is 77.3 Å². The number of aliphatic imine (C=N–C) groups is 1. The number of para-hydroxylation sites is 1. The second-order valence-corrected chi connectivity index (χ2v) is 13.3. The number of guanidine groups is 1. The molecule has 2 aliphatic heterocycles. The molecule has 3 N–H and O–H groups in total. The van der Waals surface area contributed by atoms with Crippen LogP contribution in [-0.2, 0) is 32.2 Å². The molecule has 12 heteroatoms. The molecule has 0 spiro atoms. The summed E-state index contributed by atoms with van der Waals surface area (Å²) in [4.78, 5) is 34.7. The number of amides is 1. The van der Waals surface area contributed by atoms with E-state index in [4.69, 9.17) is 24.9 Å². The fraction of sp³-hybridized carbons (Fsp3) is 0.488. The van der Waals surface area contributed by atoms with Crippen molar-refractivity contribution in [3.05, 3.63) is 90.0 Å². The van der Waals surface area contributed by atoms with Crippen LogP contribution >= 0.6 is 27.0 Å². The lowest BCUT2D eigenvalue weighted by Crippen LogP contribution is -2.50. The third-order valence-corrected chi connectivity index (χ3v) is 10.2. The highest BCUT2D eigenvalue weighted by atomic mass is 32.1. The summed E-state index contributed by atoms with van der Waals surface area (Å²) in [5.41, 5.74) is 9.61. The lowest BCUT2D eigenvalue weighted by Gasteiger charge is -2.42. The number of fused-ring (bicyclic) bond motifs is 1. The van der Waals surface area contributed by atoms with Crippen molar-refractivity contribution in [3.63, 3.8) is 0 Å². The smallest absolute Gasteiger partial charge is 0.306 e. The van der Waals surface area contributed by atoms with Crippen molar-refractivity contribution in [1.82, 2.24) is 9.80 Å². The first-order chi connectivity index (χ1) is 23.9. The van der Waals surface area contributed by atoms with E-state index in [1.54, 1.807) is 0 Å². The van der Waals surface area contributed by atoms with E-state index in [-0.39, 0.29) is 65.8 Å². The maximum atomic E-state index is 14.1. The van der Waals surface area contributed by atoms with Crippen LogP contribution < -0.4 is 10.5 Å². The first-order valence-corrected chi connectivity index (χ1v) is 17.6. The molecule has 1 saturated heterocycles. The zero-order valence-corrected chi connectivity index (χ0v) is 31.1. The highest BCUT2D eigenvalue weighted by Crippen LogP contribution is 2.36. The maximum Gasteiger partial charge on any atom is 0.306 e. The van der Waals surface area contributed by atoms with Gasteiger partial charge in [-0.25, -0.2) is 4.99 Å². The molecule has 292 valence electrons. The van der Waals surface area contributed by atoms with Gasteiger partial charge in [0.05, 0.1) is 24.8 Å². The van der Waals surface area contributed by atoms with E-state index in [0.717, 1.165) is 41.2 Å². The maximum absolute atomic E-state index is 14.1. The molecule has 1 atom stereocenters. The molecule has 1 aliphatic carbocycles. The number of carboxylic acid groups (broad SMARTS) is 1. The van der Waals surface area contributed by atoms with Gasteiger partial charge in [0.1, 0.15) is 11.5 Å². The highest BCUT2D eigenvalue weighted by molar-refractivity contribution is 7.59. The Morgan fingerprint density at radius 3 is 2.23 bits per heavy atom. The first kappa shape index (κ1) is 45.4. The number of hydrogen-bond acceptors (Lipinski definition) is 8. The number of benzene rings is 3. The summed E-state index contributed by atoms with van der Waals surface area (Å²) in [5.74, 6) is 1.25. The van der Waals surface area contributed by atoms with Gasteiger partial charge in [-0.15, -0.1) is 0 Å². The summed E-state index contributed by atoms with van der Waals surface area (Å²) in [6.07, 6.45) is 5.28. The fourth-order valence-electron chi connectivity index (χ4n) is 7.46. The monoisotopic (exact) mass is 768 g/mol. The Hall–Kier alpha value is -3.71. The van der Waals surface area contributed by atoms with Crippen molar-refractivity contribution in [2.75, 3.05) is 26.4 Å². The molecule has 6 rings (SSSR count). The molecule has 53 heavy (non-hydrogen) atoms. The van der Waals surface area contributed by atoms with Crippen LogP contribution in [0.5, 0.6) is 11.5 Å². The van der Waals surface area contributed by atoms with E-state index < -0.39 is 5.97 Å². The van der Waals surface area contributed by atoms with Gasteiger partial charge in [0.15, 0.2) is 5.96 Å². The molecule has 10 nitrogen and oxygen atoms in total. The molecule has 0 radical (unpaired) electrons. The van der Waals surface area contributed by atoms with Crippen molar-refractivity contribution in [2.45, 2.75) is 91.5 Å². The Labute approximate surface area is 330 Å². The topological polar surface area (TPSA) is 127 Å². The molecule has 3 aliphatic rings. The van der Waals surface area contributed by atoms with E-state index in [1.807, 2.05) is 83.8 Å². The molecule has 0 bridgehead atoms. The van der Waals surface area contributed by atoms with Gasteiger partial charge in [-0.1, -0.05) is 63.4 Å². The van der Waals surface area contributed by atoms with E-state index in [0.29, 0.717) is 89.9 Å². The van der Waals surface area contributed by atoms with Crippen molar-refractivity contribution >= 4 is 50.5 Å². The van der Waals surface area contributed by atoms with Gasteiger partial charge < -0.3 is 34.9 Å². The van der Waals surface area contributed by atoms with Crippen LogP contribution in [0.2, 0.25) is 0 Å². The number of carboxylic acids is 1. The summed E-state index contributed by atoms with van der Waals surface area (Å²) in [6, 6.07) is 25.6. The highest BCUT2D eigenvalue weighted by Gasteiger charge is 2.35. The van der Waals surface area contributed by atoms with E-state index >= 15 is 0 Å². The van der Waals surface area contributed by atoms with Gasteiger partial charge >= 0.3 is 5.97 Å². The Bertz CT molecular complexity index is 1570. The molecule has 1 amide bonds. The molecule has 0 unspecified atom stereocenters. The second-order valence-electron chi connectivity index (χ2n) is 13.3. The van der Waals surface area contributed by atoms with Crippen molar-refractivity contribution < 1.29 is 28.9 Å². The van der Waals surface area contributed by atoms with Crippen LogP contribution in [0.3, 0.4) is 0 Å². The number of nitrogens with zero attached hydrogens (tertiary/aromatic N) is 3. The lowest BCUT2D eigenvalue weighted by molar-refractivity contribution is -0.143. The molecule has 1 saturated carbocycles. The molecule has 2 heterocycles. The van der Waals surface area contributed by atoms with Crippen molar-refractivity contribution in [3.8, 4) is 11.5 Å². The van der Waals surface area contributed by atoms with Crippen LogP contribution in [0.4, 0.5) is 5.69 Å². The van der Waals surface area contributed by atoms with Gasteiger partial charge in [0.25, 0.3) is 0 Å². The third-order valence-electron chi connectivity index (χ3n) is 10.2. The molecule has 3 aromatic rings. The van der Waals surface area contributed by atoms with Gasteiger partial charge in [-0.05, 0) is 86.8 Å². The Morgan fingerprint density at radius 1 is 0.906 bits per heavy atom. The SMILES string of the molecule is C.C.NC1=Nc2ccc(Oc3ccccc3)cc2CN1[C@@H](CCC(=O)N(CCOCc1ccccc1)C1CCC(C(=O)O)CC1)C1CCOCC1.S.S. The van der Waals surface area contributed by atoms with Crippen LogP contribution in [0.25, 0.3) is 0 Å². The summed E-state index contributed by atoms with van der Waals surface area (Å²) in [7, 11) is 0. The first-order valence-electron chi connectivity index (χ1n) is 17.6. The predicted molar refractivity (Wildman–Crippen MR) is 222 cm³/mol. The normalized spacial score (nSPS) is 18.6. The number of ether oxygens (including phenoxy) is 3. The number of aliphatic carboxylic acids is 1. The zero-order valence-electron chi connectivity index (χ0n) is 29.1. The van der Waals surface area contributed by atoms with Crippen LogP contribution in [-0.4, -0.2) is 71.2 Å². The quantitative estimate of drug-likeness (QED) is 0.158. The predicted octanol–water partition coefficient (Wildman–Crippen LogP) is 8.00. The van der Waals surface area contributed by atoms with E-state index in [2.05, 4.69) is 4.90 Å². The molecular formula is C41H60N4O6S2. The van der Waals surface area contributed by atoms with Gasteiger partial charge in [0.2, 0.25) is 5.91 Å². The molecule has 3 aromatic carbocycles. The van der Waals surface area contributed by atoms with Crippen molar-refractivity contribution in [1.29, 1.82) is 0 Å². The van der Waals surface area contributed by atoms with Crippen LogP contribution in [0.15, 0.2) is 83.9 Å². The van der Waals surface area contributed by atoms with E-state index in [9.17, 15) is 14.7 Å². The Balaban J connectivity index is 0.00000243. The zero-order chi connectivity index (χ0) is 34.0. The summed E-state index contributed by atoms with van der Waals surface area (Å²) < 4.78 is 17.9. The summed E-state index contributed by atoms with van der Waals surface area (Å²) in [5, 5.41) is 9.57. The Morgan fingerprint density at radius 2 is 1.57 bits per heavy atom. The van der Waals surface area contributed by atoms with Gasteiger partial charge in [-0.3, -0.25) is 9.59 Å². The minimum absolute atomic E-state index is 0. The minimum Gasteiger partial charge on any atom is -0.481 e. The molecular weight excluding hydrogens is 709 g/mol. The van der Waals surface area contributed by atoms with Gasteiger partial charge in [0, 0.05) is 50.4 Å². The fourth-order valence-corrected chi connectivity index (χ4v) is 7.46. The van der Waals surface area contributed by atoms with Crippen molar-refractivity contribution in [2.24, 2.45) is 22.6 Å². The third kappa shape index (κ3) is 12.4. The second kappa shape index (κ2) is 22.5. The number of rotatable bonds is 14. The summed E-state index contributed by atoms with van der Waals surface area (Å²) >= 11 is 0. The summed E-state index contributed by atoms with van der Waals surface area (Å²) in [6.45, 7) is 3.31. The molecule has 0 aromatic heterocycles. The minimum atomic E-state index is -0.747. The largest absolute Gasteiger partial charge is 0.481 e. The number of hydrogen-bond donors (Lipinski definition) is 2. The standard InChI is InChI=1S/C39H48N4O6.2CH4.2H2S/c40-39-41-35-16-15-34(49-33-9-5-2-6-10-33)25-31(35)26-43(39)36(29-19-22-47-23-20-29)17-18-37(44)42(32-13-11-30(12-14-32)38(45)46)21-24-48-27-28-7-3-1-4-8-28;;;;/h1-10,15-16,25,29-30,32,36H,11-14,17-24,26-27H2,(H2,40,41)(H,45,46);2*1H4;2*1H2/t30?,32?,36-;;;;/m0..../s1. The Kier molecular flexibility index (Phi) is 19.3. The average molecular weight is 769 g/mol. The van der Waals surface area contributed by atoms with Gasteiger partial charge in [-0.2, -0.15) is 27.0 Å². The number of carbonyl (C=O) groups is 2. The molecule has 2 fully saturated rings. The van der Waals surface area contributed by atoms with E-state index in [1.165, 1.54) is 0 Å². The lowest BCUT2D eigenvalue weighted by atomic mass is 9.84. The number of carbonyl (C=O) groups excluding carboxylic acids is 1. The van der Waals surface area contributed by atoms with Crippen LogP contribution in [0, 0.1) is 11.8 Å². The number of nitrogens with two attached hydrogens (primary N) is 1.